The van der Waals surface area contributed by atoms with Gasteiger partial charge in [-0.2, -0.15) is 0 Å². The molecule has 1 N–H and O–H groups in total. The number of aliphatic imine (C=N–C) groups is 1. The first-order chi connectivity index (χ1) is 11.1. The quantitative estimate of drug-likeness (QED) is 0.860. The summed E-state index contributed by atoms with van der Waals surface area (Å²) >= 11 is 0. The van der Waals surface area contributed by atoms with Gasteiger partial charge in [-0.1, -0.05) is 18.2 Å². The van der Waals surface area contributed by atoms with Crippen molar-refractivity contribution in [1.29, 1.82) is 0 Å². The molecule has 2 saturated heterocycles. The minimum atomic E-state index is -0.429. The molecule has 0 aromatic heterocycles. The van der Waals surface area contributed by atoms with E-state index in [0.717, 1.165) is 24.4 Å². The van der Waals surface area contributed by atoms with E-state index >= 15 is 0 Å². The average Bonchev–Trinajstić information content (AvgIpc) is 2.75. The van der Waals surface area contributed by atoms with Crippen LogP contribution in [-0.4, -0.2) is 47.5 Å². The van der Waals surface area contributed by atoms with Gasteiger partial charge in [0.1, 0.15) is 11.4 Å². The number of anilines is 1. The Morgan fingerprint density at radius 1 is 1.04 bits per heavy atom. The van der Waals surface area contributed by atoms with Crippen molar-refractivity contribution in [2.75, 3.05) is 19.0 Å². The van der Waals surface area contributed by atoms with Crippen LogP contribution in [0.15, 0.2) is 35.3 Å². The number of para-hydroxylation sites is 1. The molecule has 0 saturated carbocycles. The molecule has 1 aromatic carbocycles. The Hall–Kier alpha value is -1.88. The molecule has 0 bridgehead atoms. The predicted octanol–water partition coefficient (Wildman–Crippen LogP) is 3.27. The van der Waals surface area contributed by atoms with Crippen LogP contribution in [0.3, 0.4) is 0 Å². The van der Waals surface area contributed by atoms with E-state index in [-0.39, 0.29) is 17.1 Å². The number of amides is 2. The molecule has 5 nitrogen and oxygen atoms in total. The van der Waals surface area contributed by atoms with E-state index in [0.29, 0.717) is 0 Å². The van der Waals surface area contributed by atoms with Crippen molar-refractivity contribution in [1.82, 2.24) is 10.2 Å². The number of rotatable bonds is 1. The van der Waals surface area contributed by atoms with Gasteiger partial charge < -0.3 is 5.32 Å². The van der Waals surface area contributed by atoms with Gasteiger partial charge in [0.25, 0.3) is 0 Å². The number of amidine groups is 1. The van der Waals surface area contributed by atoms with Crippen LogP contribution < -0.4 is 10.2 Å². The van der Waals surface area contributed by atoms with Crippen LogP contribution in [0.2, 0.25) is 0 Å². The largest absolute Gasteiger partial charge is 0.328 e. The minimum absolute atomic E-state index is 0.0440. The number of carbonyl (C=O) groups is 1. The van der Waals surface area contributed by atoms with Crippen molar-refractivity contribution in [3.63, 3.8) is 0 Å². The van der Waals surface area contributed by atoms with Crippen LogP contribution in [0.1, 0.15) is 40.5 Å². The van der Waals surface area contributed by atoms with E-state index in [1.54, 1.807) is 11.9 Å². The maximum atomic E-state index is 12.8. The second-order valence-corrected chi connectivity index (χ2v) is 8.27. The highest BCUT2D eigenvalue weighted by atomic mass is 16.2. The van der Waals surface area contributed by atoms with E-state index < -0.39 is 5.54 Å². The molecular formula is C19H28N4O. The topological polar surface area (TPSA) is 47.9 Å². The Labute approximate surface area is 144 Å². The zero-order valence-corrected chi connectivity index (χ0v) is 15.6. The third-order valence-corrected chi connectivity index (χ3v) is 5.70. The van der Waals surface area contributed by atoms with Crippen molar-refractivity contribution >= 4 is 17.6 Å². The summed E-state index contributed by atoms with van der Waals surface area (Å²) in [6.07, 6.45) is 1.67. The SMILES string of the molecule is CN=C1N(c2ccccc2)C(=O)NC12CC(C)(C)N(C)C(C)(C)C2. The second kappa shape index (κ2) is 5.31. The molecule has 0 radical (unpaired) electrons. The Morgan fingerprint density at radius 3 is 2.08 bits per heavy atom. The lowest BCUT2D eigenvalue weighted by molar-refractivity contribution is -0.0276. The van der Waals surface area contributed by atoms with Crippen LogP contribution in [0.5, 0.6) is 0 Å². The van der Waals surface area contributed by atoms with E-state index in [1.807, 2.05) is 30.3 Å². The van der Waals surface area contributed by atoms with E-state index in [1.165, 1.54) is 0 Å². The first-order valence-electron chi connectivity index (χ1n) is 8.52. The molecular weight excluding hydrogens is 300 g/mol. The Balaban J connectivity index is 2.08. The van der Waals surface area contributed by atoms with E-state index in [4.69, 9.17) is 0 Å². The second-order valence-electron chi connectivity index (χ2n) is 8.27. The van der Waals surface area contributed by atoms with Gasteiger partial charge in [0, 0.05) is 18.1 Å². The third kappa shape index (κ3) is 2.42. The van der Waals surface area contributed by atoms with Crippen molar-refractivity contribution in [3.05, 3.63) is 30.3 Å². The van der Waals surface area contributed by atoms with Crippen molar-refractivity contribution in [2.24, 2.45) is 4.99 Å². The fourth-order valence-electron chi connectivity index (χ4n) is 4.60. The normalized spacial score (nSPS) is 26.8. The summed E-state index contributed by atoms with van der Waals surface area (Å²) in [6.45, 7) is 8.95. The molecule has 2 fully saturated rings. The van der Waals surface area contributed by atoms with Gasteiger partial charge in [0.2, 0.25) is 0 Å². The van der Waals surface area contributed by atoms with Gasteiger partial charge in [0.15, 0.2) is 0 Å². The number of hydrogen-bond donors (Lipinski definition) is 1. The summed E-state index contributed by atoms with van der Waals surface area (Å²) in [7, 11) is 3.95. The number of nitrogens with one attached hydrogen (secondary N) is 1. The number of piperidine rings is 1. The van der Waals surface area contributed by atoms with Crippen LogP contribution in [-0.2, 0) is 0 Å². The monoisotopic (exact) mass is 328 g/mol. The number of carbonyl (C=O) groups excluding carboxylic acids is 1. The lowest BCUT2D eigenvalue weighted by Gasteiger charge is -2.57. The van der Waals surface area contributed by atoms with Gasteiger partial charge in [-0.25, -0.2) is 9.69 Å². The fraction of sp³-hybridized carbons (Fsp3) is 0.579. The first kappa shape index (κ1) is 17.0. The molecule has 24 heavy (non-hydrogen) atoms. The summed E-state index contributed by atoms with van der Waals surface area (Å²) < 4.78 is 0. The predicted molar refractivity (Wildman–Crippen MR) is 98.7 cm³/mol. The first-order valence-corrected chi connectivity index (χ1v) is 8.52. The Kier molecular flexibility index (Phi) is 3.75. The molecule has 130 valence electrons. The molecule has 2 aliphatic rings. The molecule has 0 unspecified atom stereocenters. The summed E-state index contributed by atoms with van der Waals surface area (Å²) in [6, 6.07) is 9.67. The Morgan fingerprint density at radius 2 is 1.58 bits per heavy atom. The zero-order valence-electron chi connectivity index (χ0n) is 15.6. The highest BCUT2D eigenvalue weighted by Gasteiger charge is 2.59. The molecule has 2 aliphatic heterocycles. The molecule has 1 spiro atoms. The van der Waals surface area contributed by atoms with Gasteiger partial charge in [0.05, 0.1) is 5.69 Å². The van der Waals surface area contributed by atoms with Crippen LogP contribution in [0, 0.1) is 0 Å². The van der Waals surface area contributed by atoms with Crippen molar-refractivity contribution in [2.45, 2.75) is 57.2 Å². The highest BCUT2D eigenvalue weighted by Crippen LogP contribution is 2.45. The highest BCUT2D eigenvalue weighted by molar-refractivity contribution is 6.25. The average molecular weight is 328 g/mol. The number of nitrogens with zero attached hydrogens (tertiary/aromatic N) is 3. The summed E-state index contributed by atoms with van der Waals surface area (Å²) in [5, 5.41) is 3.28. The van der Waals surface area contributed by atoms with Crippen LogP contribution in [0.25, 0.3) is 0 Å². The van der Waals surface area contributed by atoms with Gasteiger partial charge in [-0.15, -0.1) is 0 Å². The van der Waals surface area contributed by atoms with E-state index in [2.05, 4.69) is 50.0 Å². The number of hydrogen-bond acceptors (Lipinski definition) is 3. The summed E-state index contributed by atoms with van der Waals surface area (Å²) in [4.78, 5) is 21.6. The molecule has 0 aliphatic carbocycles. The maximum Gasteiger partial charge on any atom is 0.328 e. The lowest BCUT2D eigenvalue weighted by atomic mass is 9.69. The summed E-state index contributed by atoms with van der Waals surface area (Å²) in [5.41, 5.74) is 0.346. The third-order valence-electron chi connectivity index (χ3n) is 5.70. The molecule has 1 aromatic rings. The molecule has 2 heterocycles. The smallest absolute Gasteiger partial charge is 0.325 e. The summed E-state index contributed by atoms with van der Waals surface area (Å²) in [5.74, 6) is 0.827. The maximum absolute atomic E-state index is 12.8. The standard InChI is InChI=1S/C19H28N4O/c1-17(2)12-19(13-18(3,4)22(17)6)15(20-5)23(16(24)21-19)14-10-8-7-9-11-14/h7-11H,12-13H2,1-6H3,(H,21,24). The number of urea groups is 1. The van der Waals surface area contributed by atoms with Gasteiger partial charge in [-0.05, 0) is 59.7 Å². The number of benzene rings is 1. The zero-order chi connectivity index (χ0) is 17.8. The molecule has 2 amide bonds. The minimum Gasteiger partial charge on any atom is -0.325 e. The van der Waals surface area contributed by atoms with Crippen LogP contribution in [0.4, 0.5) is 10.5 Å². The lowest BCUT2D eigenvalue weighted by Crippen LogP contribution is -2.68. The number of likely N-dealkylation sites (tertiary alicyclic amines) is 1. The van der Waals surface area contributed by atoms with Crippen molar-refractivity contribution in [3.8, 4) is 0 Å². The van der Waals surface area contributed by atoms with Gasteiger partial charge >= 0.3 is 6.03 Å². The van der Waals surface area contributed by atoms with Crippen LogP contribution >= 0.6 is 0 Å². The molecule has 3 rings (SSSR count). The molecule has 5 heteroatoms. The van der Waals surface area contributed by atoms with Gasteiger partial charge in [-0.3, -0.25) is 9.89 Å². The fourth-order valence-corrected chi connectivity index (χ4v) is 4.60. The van der Waals surface area contributed by atoms with E-state index in [9.17, 15) is 4.79 Å². The molecule has 0 atom stereocenters. The van der Waals surface area contributed by atoms with Crippen molar-refractivity contribution < 1.29 is 4.79 Å². The Bertz CT molecular complexity index is 660.